The number of carbonyl (C=O) groups is 3. The molecule has 5 aliphatic rings. The third-order valence-electron chi connectivity index (χ3n) is 13.0. The van der Waals surface area contributed by atoms with Crippen LogP contribution in [0.2, 0.25) is 0 Å². The van der Waals surface area contributed by atoms with Crippen LogP contribution in [0.1, 0.15) is 99.8 Å². The van der Waals surface area contributed by atoms with Crippen molar-refractivity contribution in [3.63, 3.8) is 0 Å². The first kappa shape index (κ1) is 38.9. The average molecular weight is 693 g/mol. The SMILES string of the molecule is CC(=O)O[C@H]1C[C@@]2(C)[C@@H](C[C@@H](O)C3[C@]2(C)CC[C@H]2[C@H](C)[C@H](O)CC[C@]32C)/C1=C(/CCC=C(C)C)C(=O)O.O=C1O[C@H]([C@@H](O)CO)C(O)=C1O. The van der Waals surface area contributed by atoms with E-state index in [1.807, 2.05) is 19.9 Å². The first-order chi connectivity index (χ1) is 22.7. The molecular formula is C37H56O12. The molecule has 0 aromatic rings. The van der Waals surface area contributed by atoms with Crippen LogP contribution in [0.5, 0.6) is 0 Å². The number of hydrogen-bond acceptors (Lipinski definition) is 11. The Bertz CT molecular complexity index is 1400. The second-order valence-electron chi connectivity index (χ2n) is 16.0. The number of cyclic esters (lactones) is 1. The van der Waals surface area contributed by atoms with Gasteiger partial charge in [0.1, 0.15) is 12.2 Å². The summed E-state index contributed by atoms with van der Waals surface area (Å²) in [6, 6.07) is 0. The van der Waals surface area contributed by atoms with Crippen LogP contribution in [0.15, 0.2) is 34.3 Å². The highest BCUT2D eigenvalue weighted by Gasteiger charge is 2.70. The number of rotatable bonds is 7. The fourth-order valence-corrected chi connectivity index (χ4v) is 10.6. The highest BCUT2D eigenvalue weighted by molar-refractivity contribution is 5.89. The number of carbonyl (C=O) groups excluding carboxylic acids is 2. The molecule has 1 unspecified atom stereocenters. The van der Waals surface area contributed by atoms with Gasteiger partial charge in [-0.05, 0) is 111 Å². The van der Waals surface area contributed by atoms with E-state index in [4.69, 9.17) is 25.2 Å². The Morgan fingerprint density at radius 2 is 1.69 bits per heavy atom. The quantitative estimate of drug-likeness (QED) is 0.113. The van der Waals surface area contributed by atoms with Crippen LogP contribution in [-0.2, 0) is 23.9 Å². The van der Waals surface area contributed by atoms with Crippen LogP contribution in [-0.4, -0.2) is 90.8 Å². The fraction of sp³-hybridized carbons (Fsp3) is 0.757. The Kier molecular flexibility index (Phi) is 11.4. The number of carboxylic acids is 1. The van der Waals surface area contributed by atoms with Gasteiger partial charge in [-0.15, -0.1) is 0 Å². The third-order valence-corrected chi connectivity index (χ3v) is 13.0. The van der Waals surface area contributed by atoms with Crippen molar-refractivity contribution in [3.8, 4) is 0 Å². The molecule has 12 nitrogen and oxygen atoms in total. The van der Waals surface area contributed by atoms with Gasteiger partial charge in [0.15, 0.2) is 11.9 Å². The van der Waals surface area contributed by atoms with E-state index >= 15 is 0 Å². The zero-order valence-electron chi connectivity index (χ0n) is 29.8. The number of hydrogen-bond donors (Lipinski definition) is 7. The molecule has 1 heterocycles. The van der Waals surface area contributed by atoms with Gasteiger partial charge in [0.25, 0.3) is 0 Å². The molecule has 0 saturated heterocycles. The number of allylic oxidation sites excluding steroid dienone is 2. The van der Waals surface area contributed by atoms with Gasteiger partial charge in [-0.1, -0.05) is 39.3 Å². The number of esters is 2. The van der Waals surface area contributed by atoms with Gasteiger partial charge < -0.3 is 45.2 Å². The van der Waals surface area contributed by atoms with E-state index in [0.717, 1.165) is 36.8 Å². The molecule has 12 atom stereocenters. The van der Waals surface area contributed by atoms with Crippen molar-refractivity contribution >= 4 is 17.9 Å². The zero-order valence-corrected chi connectivity index (χ0v) is 29.8. The lowest BCUT2D eigenvalue weighted by Gasteiger charge is -2.69. The van der Waals surface area contributed by atoms with E-state index in [1.165, 1.54) is 6.92 Å². The summed E-state index contributed by atoms with van der Waals surface area (Å²) in [5.74, 6) is -3.69. The first-order valence-corrected chi connectivity index (χ1v) is 17.5. The average Bonchev–Trinajstić information content (AvgIpc) is 3.44. The molecule has 0 bridgehead atoms. The van der Waals surface area contributed by atoms with Crippen LogP contribution in [0.3, 0.4) is 0 Å². The van der Waals surface area contributed by atoms with Crippen molar-refractivity contribution in [2.24, 2.45) is 39.9 Å². The predicted molar refractivity (Wildman–Crippen MR) is 178 cm³/mol. The molecule has 0 radical (unpaired) electrons. The molecule has 7 N–H and O–H groups in total. The maximum absolute atomic E-state index is 12.6. The largest absolute Gasteiger partial charge is 0.505 e. The minimum atomic E-state index is -1.42. The molecular weight excluding hydrogens is 636 g/mol. The molecule has 0 aromatic carbocycles. The van der Waals surface area contributed by atoms with Crippen molar-refractivity contribution in [1.82, 2.24) is 0 Å². The minimum absolute atomic E-state index is 0.0474. The van der Waals surface area contributed by atoms with Crippen LogP contribution >= 0.6 is 0 Å². The van der Waals surface area contributed by atoms with Crippen molar-refractivity contribution < 1.29 is 59.6 Å². The molecule has 49 heavy (non-hydrogen) atoms. The number of fused-ring (bicyclic) bond motifs is 5. The van der Waals surface area contributed by atoms with E-state index < -0.39 is 60.4 Å². The number of ether oxygens (including phenoxy) is 2. The topological polar surface area (TPSA) is 211 Å². The summed E-state index contributed by atoms with van der Waals surface area (Å²) in [7, 11) is 0. The molecule has 1 aliphatic heterocycles. The molecule has 4 saturated carbocycles. The number of aliphatic carboxylic acids is 1. The van der Waals surface area contributed by atoms with E-state index in [9.17, 15) is 29.7 Å². The molecule has 4 aliphatic carbocycles. The van der Waals surface area contributed by atoms with E-state index in [1.54, 1.807) is 0 Å². The van der Waals surface area contributed by atoms with Crippen LogP contribution in [0.25, 0.3) is 0 Å². The fourth-order valence-electron chi connectivity index (χ4n) is 10.6. The highest BCUT2D eigenvalue weighted by atomic mass is 16.6. The monoisotopic (exact) mass is 692 g/mol. The van der Waals surface area contributed by atoms with E-state index in [2.05, 4.69) is 32.4 Å². The Balaban J connectivity index is 0.000000380. The van der Waals surface area contributed by atoms with Crippen LogP contribution in [0, 0.1) is 39.9 Å². The summed E-state index contributed by atoms with van der Waals surface area (Å²) in [6.45, 7) is 13.8. The molecule has 12 heteroatoms. The Morgan fingerprint density at radius 3 is 2.22 bits per heavy atom. The van der Waals surface area contributed by atoms with Crippen molar-refractivity contribution in [1.29, 1.82) is 0 Å². The number of aliphatic hydroxyl groups excluding tert-OH is 6. The van der Waals surface area contributed by atoms with Gasteiger partial charge in [-0.2, -0.15) is 0 Å². The summed E-state index contributed by atoms with van der Waals surface area (Å²) in [4.78, 5) is 35.4. The second kappa shape index (κ2) is 14.4. The van der Waals surface area contributed by atoms with Crippen molar-refractivity contribution in [3.05, 3.63) is 34.3 Å². The van der Waals surface area contributed by atoms with Crippen LogP contribution in [0.4, 0.5) is 0 Å². The zero-order chi connectivity index (χ0) is 36.8. The summed E-state index contributed by atoms with van der Waals surface area (Å²) in [5, 5.41) is 67.9. The Morgan fingerprint density at radius 1 is 1.04 bits per heavy atom. The summed E-state index contributed by atoms with van der Waals surface area (Å²) < 4.78 is 10.2. The Labute approximate surface area is 288 Å². The maximum atomic E-state index is 12.6. The molecule has 4 fully saturated rings. The lowest BCUT2D eigenvalue weighted by atomic mass is 9.36. The third kappa shape index (κ3) is 6.78. The second-order valence-corrected chi connectivity index (χ2v) is 16.0. The number of carboxylic acid groups (broad SMARTS) is 1. The smallest absolute Gasteiger partial charge is 0.377 e. The van der Waals surface area contributed by atoms with Crippen LogP contribution < -0.4 is 0 Å². The van der Waals surface area contributed by atoms with Gasteiger partial charge in [0, 0.05) is 12.5 Å². The lowest BCUT2D eigenvalue weighted by molar-refractivity contribution is -0.234. The standard InChI is InChI=1S/C31H48O6.C6H8O6/c1-17(2)9-8-10-20(28(35)36)26-22-15-24(34)27-29(5)13-12-23(33)18(3)21(29)11-14-30(27,6)31(22,7)16-25(26)37-19(4)32;7-1-2(8)5-3(9)4(10)6(11)12-5/h9,18,21-25,27,33-34H,8,10-16H2,1-7H3,(H,35,36);2,5,7-10H,1H2/b26-20+;/t18-,21-,22-,23+,24+,25-,27?,29-,30-,31-;2-,5+/m00/s1. The van der Waals surface area contributed by atoms with Crippen molar-refractivity contribution in [2.45, 2.75) is 130 Å². The molecule has 0 amide bonds. The molecule has 276 valence electrons. The molecule has 0 spiro atoms. The predicted octanol–water partition coefficient (Wildman–Crippen LogP) is 4.26. The van der Waals surface area contributed by atoms with E-state index in [0.29, 0.717) is 37.2 Å². The highest BCUT2D eigenvalue weighted by Crippen LogP contribution is 2.74. The normalized spacial score (nSPS) is 41.2. The first-order valence-electron chi connectivity index (χ1n) is 17.5. The van der Waals surface area contributed by atoms with Gasteiger partial charge in [0.05, 0.1) is 18.8 Å². The Hall–Kier alpha value is -2.93. The van der Waals surface area contributed by atoms with E-state index in [-0.39, 0.29) is 40.1 Å². The summed E-state index contributed by atoms with van der Waals surface area (Å²) in [6.07, 6.45) is 3.45. The summed E-state index contributed by atoms with van der Waals surface area (Å²) in [5.41, 5.74) is 1.57. The van der Waals surface area contributed by atoms with Gasteiger partial charge in [-0.3, -0.25) is 4.79 Å². The lowest BCUT2D eigenvalue weighted by Crippen LogP contribution is -2.65. The minimum Gasteiger partial charge on any atom is -0.505 e. The van der Waals surface area contributed by atoms with Gasteiger partial charge in [-0.25, -0.2) is 9.59 Å². The maximum Gasteiger partial charge on any atom is 0.377 e. The number of aliphatic hydroxyl groups is 6. The molecule has 0 aromatic heterocycles. The van der Waals surface area contributed by atoms with Crippen molar-refractivity contribution in [2.75, 3.05) is 6.61 Å². The summed E-state index contributed by atoms with van der Waals surface area (Å²) >= 11 is 0. The van der Waals surface area contributed by atoms with Gasteiger partial charge >= 0.3 is 17.9 Å². The van der Waals surface area contributed by atoms with Gasteiger partial charge in [0.2, 0.25) is 5.76 Å². The molecule has 5 rings (SSSR count).